The summed E-state index contributed by atoms with van der Waals surface area (Å²) in [5.41, 5.74) is 2.88. The van der Waals surface area contributed by atoms with Crippen LogP contribution in [0.4, 0.5) is 0 Å². The summed E-state index contributed by atoms with van der Waals surface area (Å²) in [4.78, 5) is 4.54. The molecule has 0 bridgehead atoms. The molecule has 5 nitrogen and oxygen atoms in total. The number of nitrogens with zero attached hydrogens (tertiary/aromatic N) is 2. The number of ether oxygens (including phenoxy) is 1. The minimum atomic E-state index is -0.274. The first-order chi connectivity index (χ1) is 14.7. The topological polar surface area (TPSA) is 71.1 Å². The average molecular weight is 418 g/mol. The number of benzene rings is 3. The summed E-state index contributed by atoms with van der Waals surface area (Å²) < 4.78 is 8.03. The number of rotatable bonds is 4. The van der Waals surface area contributed by atoms with Gasteiger partial charge in [-0.1, -0.05) is 66.2 Å². The van der Waals surface area contributed by atoms with Crippen molar-refractivity contribution in [3.63, 3.8) is 0 Å². The molecular weight excluding hydrogens is 398 g/mol. The first kappa shape index (κ1) is 18.9. The van der Waals surface area contributed by atoms with Gasteiger partial charge in [0, 0.05) is 35.0 Å². The summed E-state index contributed by atoms with van der Waals surface area (Å²) >= 11 is 6.62. The van der Waals surface area contributed by atoms with E-state index in [-0.39, 0.29) is 12.5 Å². The first-order valence-electron chi connectivity index (χ1n) is 9.87. The number of hydrogen-bond acceptors (Lipinski definition) is 4. The molecule has 4 aromatic rings. The molecule has 0 saturated carbocycles. The number of aryl methyl sites for hydroxylation is 1. The van der Waals surface area contributed by atoms with Crippen molar-refractivity contribution < 1.29 is 9.84 Å². The van der Waals surface area contributed by atoms with Crippen LogP contribution in [0.5, 0.6) is 11.6 Å². The molecular formula is C24H20ClN3O2. The predicted octanol–water partition coefficient (Wildman–Crippen LogP) is 4.84. The summed E-state index contributed by atoms with van der Waals surface area (Å²) in [6, 6.07) is 19.9. The number of aliphatic hydroxyl groups is 1. The minimum Gasteiger partial charge on any atom is -0.438 e. The quantitative estimate of drug-likeness (QED) is 0.439. The highest BCUT2D eigenvalue weighted by molar-refractivity contribution is 6.31. The standard InChI is InChI=1S/C24H20ClN3O2/c25-19-9-4-3-8-17(19)20-18-11-10-15-6-1-2-7-16(15)22(18)30-24-21(20)23(26)28(14-27-24)12-5-13-29/h1-4,6-11,14,20,26,29H,5,12-13H2/t20-/m1/s1. The molecule has 30 heavy (non-hydrogen) atoms. The highest BCUT2D eigenvalue weighted by Gasteiger charge is 2.34. The van der Waals surface area contributed by atoms with E-state index in [0.29, 0.717) is 34.9 Å². The fourth-order valence-electron chi connectivity index (χ4n) is 4.14. The van der Waals surface area contributed by atoms with Gasteiger partial charge >= 0.3 is 0 Å². The van der Waals surface area contributed by atoms with Crippen LogP contribution in [0.15, 0.2) is 67.0 Å². The molecule has 1 aliphatic heterocycles. The van der Waals surface area contributed by atoms with Crippen molar-refractivity contribution in [2.24, 2.45) is 0 Å². The van der Waals surface area contributed by atoms with Gasteiger partial charge < -0.3 is 14.4 Å². The van der Waals surface area contributed by atoms with E-state index < -0.39 is 0 Å². The second kappa shape index (κ2) is 7.59. The van der Waals surface area contributed by atoms with E-state index in [4.69, 9.17) is 21.7 Å². The summed E-state index contributed by atoms with van der Waals surface area (Å²) in [6.07, 6.45) is 2.16. The molecule has 1 atom stereocenters. The van der Waals surface area contributed by atoms with Crippen LogP contribution in [0.2, 0.25) is 5.02 Å². The summed E-state index contributed by atoms with van der Waals surface area (Å²) in [7, 11) is 0. The zero-order valence-corrected chi connectivity index (χ0v) is 16.9. The van der Waals surface area contributed by atoms with E-state index in [0.717, 1.165) is 27.6 Å². The van der Waals surface area contributed by atoms with Gasteiger partial charge in [0.2, 0.25) is 5.88 Å². The van der Waals surface area contributed by atoms with Crippen molar-refractivity contribution in [1.29, 1.82) is 5.41 Å². The van der Waals surface area contributed by atoms with Crippen molar-refractivity contribution in [3.8, 4) is 11.6 Å². The van der Waals surface area contributed by atoms with E-state index in [2.05, 4.69) is 23.2 Å². The number of halogens is 1. The SMILES string of the molecule is N=c1c2c(ncn1CCCO)Oc1c(ccc3ccccc13)[C@H]2c1ccccc1Cl. The molecule has 2 N–H and O–H groups in total. The normalized spacial score (nSPS) is 14.8. The van der Waals surface area contributed by atoms with Crippen LogP contribution in [0, 0.1) is 5.41 Å². The van der Waals surface area contributed by atoms with Gasteiger partial charge in [-0.15, -0.1) is 0 Å². The lowest BCUT2D eigenvalue weighted by molar-refractivity contribution is 0.278. The maximum Gasteiger partial charge on any atom is 0.228 e. The van der Waals surface area contributed by atoms with Gasteiger partial charge in [-0.2, -0.15) is 0 Å². The molecule has 0 spiro atoms. The zero-order chi connectivity index (χ0) is 20.7. The van der Waals surface area contributed by atoms with Crippen molar-refractivity contribution in [3.05, 3.63) is 94.2 Å². The molecule has 2 heterocycles. The number of hydrogen-bond donors (Lipinski definition) is 2. The van der Waals surface area contributed by atoms with Gasteiger partial charge in [-0.3, -0.25) is 5.41 Å². The third-order valence-electron chi connectivity index (χ3n) is 5.57. The first-order valence-corrected chi connectivity index (χ1v) is 10.3. The second-order valence-electron chi connectivity index (χ2n) is 7.34. The highest BCUT2D eigenvalue weighted by atomic mass is 35.5. The fourth-order valence-corrected chi connectivity index (χ4v) is 4.39. The van der Waals surface area contributed by atoms with Crippen LogP contribution < -0.4 is 10.2 Å². The van der Waals surface area contributed by atoms with Gasteiger partial charge in [0.25, 0.3) is 0 Å². The molecule has 1 aliphatic rings. The molecule has 3 aromatic carbocycles. The Balaban J connectivity index is 1.81. The maximum absolute atomic E-state index is 9.22. The third-order valence-corrected chi connectivity index (χ3v) is 5.91. The van der Waals surface area contributed by atoms with E-state index in [1.165, 1.54) is 0 Å². The predicted molar refractivity (Wildman–Crippen MR) is 116 cm³/mol. The maximum atomic E-state index is 9.22. The monoisotopic (exact) mass is 417 g/mol. The van der Waals surface area contributed by atoms with Crippen LogP contribution in [0.25, 0.3) is 10.8 Å². The average Bonchev–Trinajstić information content (AvgIpc) is 2.78. The number of nitrogens with one attached hydrogen (secondary N) is 1. The Bertz CT molecular complexity index is 1320. The number of aliphatic hydroxyl groups excluding tert-OH is 1. The third kappa shape index (κ3) is 2.98. The molecule has 150 valence electrons. The van der Waals surface area contributed by atoms with Gasteiger partial charge in [0.1, 0.15) is 17.6 Å². The Hall–Kier alpha value is -3.15. The molecule has 0 radical (unpaired) electrons. The molecule has 0 saturated heterocycles. The van der Waals surface area contributed by atoms with E-state index in [1.54, 1.807) is 10.9 Å². The molecule has 6 heteroatoms. The molecule has 0 amide bonds. The Morgan fingerprint density at radius 2 is 1.83 bits per heavy atom. The van der Waals surface area contributed by atoms with E-state index >= 15 is 0 Å². The van der Waals surface area contributed by atoms with Crippen LogP contribution in [0.1, 0.15) is 29.0 Å². The minimum absolute atomic E-state index is 0.0583. The Labute approximate surface area is 178 Å². The van der Waals surface area contributed by atoms with Crippen LogP contribution in [-0.4, -0.2) is 21.3 Å². The van der Waals surface area contributed by atoms with Crippen LogP contribution in [0.3, 0.4) is 0 Å². The van der Waals surface area contributed by atoms with Crippen molar-refractivity contribution in [2.75, 3.05) is 6.61 Å². The van der Waals surface area contributed by atoms with Gasteiger partial charge in [-0.05, 0) is 23.4 Å². The lowest BCUT2D eigenvalue weighted by Gasteiger charge is -2.30. The van der Waals surface area contributed by atoms with Gasteiger partial charge in [0.15, 0.2) is 0 Å². The van der Waals surface area contributed by atoms with Crippen molar-refractivity contribution in [1.82, 2.24) is 9.55 Å². The molecule has 5 rings (SSSR count). The molecule has 1 aromatic heterocycles. The second-order valence-corrected chi connectivity index (χ2v) is 7.75. The highest BCUT2D eigenvalue weighted by Crippen LogP contribution is 2.49. The van der Waals surface area contributed by atoms with Gasteiger partial charge in [0.05, 0.1) is 5.56 Å². The summed E-state index contributed by atoms with van der Waals surface area (Å²) in [5, 5.41) is 20.8. The summed E-state index contributed by atoms with van der Waals surface area (Å²) in [5.74, 6) is 0.906. The fraction of sp³-hybridized carbons (Fsp3) is 0.167. The Kier molecular flexibility index (Phi) is 4.77. The lowest BCUT2D eigenvalue weighted by atomic mass is 9.83. The van der Waals surface area contributed by atoms with Crippen LogP contribution >= 0.6 is 11.6 Å². The summed E-state index contributed by atoms with van der Waals surface area (Å²) in [6.45, 7) is 0.568. The number of aromatic nitrogens is 2. The molecule has 0 fully saturated rings. The molecule has 0 aliphatic carbocycles. The van der Waals surface area contributed by atoms with Crippen LogP contribution in [-0.2, 0) is 6.54 Å². The van der Waals surface area contributed by atoms with Gasteiger partial charge in [-0.25, -0.2) is 4.98 Å². The zero-order valence-electron chi connectivity index (χ0n) is 16.2. The van der Waals surface area contributed by atoms with E-state index in [1.807, 2.05) is 42.5 Å². The lowest BCUT2D eigenvalue weighted by Crippen LogP contribution is -2.30. The van der Waals surface area contributed by atoms with E-state index in [9.17, 15) is 5.11 Å². The molecule has 0 unspecified atom stereocenters. The largest absolute Gasteiger partial charge is 0.438 e. The van der Waals surface area contributed by atoms with Crippen molar-refractivity contribution >= 4 is 22.4 Å². The Morgan fingerprint density at radius 1 is 1.03 bits per heavy atom. The smallest absolute Gasteiger partial charge is 0.228 e. The van der Waals surface area contributed by atoms with Crippen molar-refractivity contribution in [2.45, 2.75) is 18.9 Å². The number of fused-ring (bicyclic) bond motifs is 4. The Morgan fingerprint density at radius 3 is 2.67 bits per heavy atom.